The van der Waals surface area contributed by atoms with E-state index in [1.165, 1.54) is 5.56 Å². The van der Waals surface area contributed by atoms with Crippen LogP contribution in [-0.4, -0.2) is 13.2 Å². The van der Waals surface area contributed by atoms with Crippen LogP contribution >= 0.6 is 0 Å². The zero-order valence-corrected chi connectivity index (χ0v) is 13.3. The van der Waals surface area contributed by atoms with Crippen LogP contribution in [0.25, 0.3) is 0 Å². The lowest BCUT2D eigenvalue weighted by Crippen LogP contribution is -2.10. The zero-order valence-electron chi connectivity index (χ0n) is 13.3. The fourth-order valence-electron chi connectivity index (χ4n) is 2.43. The van der Waals surface area contributed by atoms with E-state index in [1.54, 1.807) is 0 Å². The molecule has 116 valence electrons. The number of hydrogen-bond acceptors (Lipinski definition) is 3. The van der Waals surface area contributed by atoms with Crippen LogP contribution in [0.2, 0.25) is 0 Å². The Bertz CT molecular complexity index is 620. The van der Waals surface area contributed by atoms with Gasteiger partial charge in [-0.3, -0.25) is 0 Å². The van der Waals surface area contributed by atoms with Gasteiger partial charge >= 0.3 is 0 Å². The second kappa shape index (κ2) is 6.11. The molecule has 3 rings (SSSR count). The fourth-order valence-corrected chi connectivity index (χ4v) is 2.43. The molecule has 1 saturated heterocycles. The lowest BCUT2D eigenvalue weighted by Gasteiger charge is -2.19. The number of benzene rings is 2. The molecule has 1 fully saturated rings. The van der Waals surface area contributed by atoms with Gasteiger partial charge in [0.1, 0.15) is 11.5 Å². The minimum absolute atomic E-state index is 0.148. The summed E-state index contributed by atoms with van der Waals surface area (Å²) in [5.41, 5.74) is 2.43. The normalized spacial score (nSPS) is 16.0. The van der Waals surface area contributed by atoms with Crippen LogP contribution in [0, 0.1) is 0 Å². The van der Waals surface area contributed by atoms with Gasteiger partial charge in [-0.15, -0.1) is 0 Å². The first kappa shape index (κ1) is 15.1. The molecule has 1 aliphatic rings. The molecule has 0 amide bonds. The predicted molar refractivity (Wildman–Crippen MR) is 86.3 cm³/mol. The van der Waals surface area contributed by atoms with E-state index in [2.05, 4.69) is 32.9 Å². The van der Waals surface area contributed by atoms with Crippen molar-refractivity contribution in [3.05, 3.63) is 59.7 Å². The minimum Gasteiger partial charge on any atom is -0.457 e. The van der Waals surface area contributed by atoms with E-state index in [9.17, 15) is 0 Å². The molecular formula is C19H22O3. The van der Waals surface area contributed by atoms with Gasteiger partial charge in [0, 0.05) is 5.56 Å². The molecule has 0 N–H and O–H groups in total. The van der Waals surface area contributed by atoms with E-state index >= 15 is 0 Å². The van der Waals surface area contributed by atoms with E-state index < -0.39 is 0 Å². The Morgan fingerprint density at radius 2 is 1.59 bits per heavy atom. The summed E-state index contributed by atoms with van der Waals surface area (Å²) in [4.78, 5) is 0. The third kappa shape index (κ3) is 3.49. The summed E-state index contributed by atoms with van der Waals surface area (Å²) in [6.45, 7) is 7.89. The molecule has 22 heavy (non-hydrogen) atoms. The van der Waals surface area contributed by atoms with Crippen LogP contribution in [0.1, 0.15) is 38.2 Å². The van der Waals surface area contributed by atoms with Crippen LogP contribution in [-0.2, 0) is 14.9 Å². The van der Waals surface area contributed by atoms with Gasteiger partial charge < -0.3 is 14.2 Å². The Balaban J connectivity index is 1.74. The summed E-state index contributed by atoms with van der Waals surface area (Å²) in [5, 5.41) is 0. The Kier molecular flexibility index (Phi) is 4.19. The highest BCUT2D eigenvalue weighted by Gasteiger charge is 2.18. The Labute approximate surface area is 131 Å². The van der Waals surface area contributed by atoms with Crippen molar-refractivity contribution < 1.29 is 14.2 Å². The molecule has 3 nitrogen and oxygen atoms in total. The van der Waals surface area contributed by atoms with Crippen molar-refractivity contribution in [3.63, 3.8) is 0 Å². The molecule has 0 unspecified atom stereocenters. The highest BCUT2D eigenvalue weighted by Crippen LogP contribution is 2.30. The first-order valence-corrected chi connectivity index (χ1v) is 7.64. The lowest BCUT2D eigenvalue weighted by atomic mass is 9.87. The molecule has 0 spiro atoms. The molecule has 0 radical (unpaired) electrons. The third-order valence-electron chi connectivity index (χ3n) is 3.71. The quantitative estimate of drug-likeness (QED) is 0.813. The maximum absolute atomic E-state index is 5.94. The molecule has 2 aromatic carbocycles. The van der Waals surface area contributed by atoms with Gasteiger partial charge in [0.2, 0.25) is 0 Å². The van der Waals surface area contributed by atoms with Gasteiger partial charge in [-0.25, -0.2) is 0 Å². The largest absolute Gasteiger partial charge is 0.457 e. The second-order valence-electron chi connectivity index (χ2n) is 6.52. The molecule has 0 atom stereocenters. The van der Waals surface area contributed by atoms with Crippen molar-refractivity contribution in [2.45, 2.75) is 32.5 Å². The smallest absolute Gasteiger partial charge is 0.184 e. The summed E-state index contributed by atoms with van der Waals surface area (Å²) in [7, 11) is 0. The monoisotopic (exact) mass is 298 g/mol. The highest BCUT2D eigenvalue weighted by atomic mass is 16.7. The van der Waals surface area contributed by atoms with E-state index in [-0.39, 0.29) is 11.7 Å². The van der Waals surface area contributed by atoms with Gasteiger partial charge in [-0.2, -0.15) is 0 Å². The molecule has 0 bridgehead atoms. The summed E-state index contributed by atoms with van der Waals surface area (Å²) < 4.78 is 17.0. The van der Waals surface area contributed by atoms with Gasteiger partial charge in [0.05, 0.1) is 13.2 Å². The standard InChI is InChI=1S/C19H22O3/c1-19(2,3)15-7-9-16(10-8-15)22-17-6-4-5-14(13-17)18-20-11-12-21-18/h4-10,13,18H,11-12H2,1-3H3. The Morgan fingerprint density at radius 1 is 0.909 bits per heavy atom. The highest BCUT2D eigenvalue weighted by molar-refractivity contribution is 5.37. The summed E-state index contributed by atoms with van der Waals surface area (Å²) in [6, 6.07) is 16.1. The SMILES string of the molecule is CC(C)(C)c1ccc(Oc2cccc(C3OCCO3)c2)cc1. The van der Waals surface area contributed by atoms with Crippen LogP contribution in [0.3, 0.4) is 0 Å². The molecule has 3 heteroatoms. The van der Waals surface area contributed by atoms with Crippen LogP contribution in [0.4, 0.5) is 0 Å². The Hall–Kier alpha value is -1.84. The van der Waals surface area contributed by atoms with Crippen molar-refractivity contribution in [2.24, 2.45) is 0 Å². The average Bonchev–Trinajstić information content (AvgIpc) is 3.01. The summed E-state index contributed by atoms with van der Waals surface area (Å²) in [5.74, 6) is 1.62. The minimum atomic E-state index is -0.271. The average molecular weight is 298 g/mol. The summed E-state index contributed by atoms with van der Waals surface area (Å²) >= 11 is 0. The summed E-state index contributed by atoms with van der Waals surface area (Å²) in [6.07, 6.45) is -0.271. The number of hydrogen-bond donors (Lipinski definition) is 0. The van der Waals surface area contributed by atoms with Gasteiger partial charge in [0.25, 0.3) is 0 Å². The van der Waals surface area contributed by atoms with Crippen molar-refractivity contribution in [1.29, 1.82) is 0 Å². The van der Waals surface area contributed by atoms with Gasteiger partial charge in [-0.05, 0) is 35.2 Å². The number of rotatable bonds is 3. The first-order chi connectivity index (χ1) is 10.5. The predicted octanol–water partition coefficient (Wildman–Crippen LogP) is 4.82. The maximum Gasteiger partial charge on any atom is 0.184 e. The van der Waals surface area contributed by atoms with Crippen molar-refractivity contribution in [3.8, 4) is 11.5 Å². The molecule has 0 aliphatic carbocycles. The van der Waals surface area contributed by atoms with Crippen molar-refractivity contribution >= 4 is 0 Å². The Morgan fingerprint density at radius 3 is 2.23 bits per heavy atom. The molecule has 2 aromatic rings. The maximum atomic E-state index is 5.94. The first-order valence-electron chi connectivity index (χ1n) is 7.64. The van der Waals surface area contributed by atoms with Gasteiger partial charge in [0.15, 0.2) is 6.29 Å². The molecule has 0 aromatic heterocycles. The molecule has 1 heterocycles. The molecule has 1 aliphatic heterocycles. The van der Waals surface area contributed by atoms with E-state index in [0.717, 1.165) is 17.1 Å². The van der Waals surface area contributed by atoms with E-state index in [0.29, 0.717) is 13.2 Å². The lowest BCUT2D eigenvalue weighted by molar-refractivity contribution is -0.0442. The zero-order chi connectivity index (χ0) is 15.6. The van der Waals surface area contributed by atoms with Crippen LogP contribution in [0.15, 0.2) is 48.5 Å². The third-order valence-corrected chi connectivity index (χ3v) is 3.71. The number of ether oxygens (including phenoxy) is 3. The fraction of sp³-hybridized carbons (Fsp3) is 0.368. The molecule has 0 saturated carbocycles. The van der Waals surface area contributed by atoms with E-state index in [1.807, 2.05) is 36.4 Å². The van der Waals surface area contributed by atoms with Crippen LogP contribution in [0.5, 0.6) is 11.5 Å². The van der Waals surface area contributed by atoms with Crippen molar-refractivity contribution in [1.82, 2.24) is 0 Å². The molecular weight excluding hydrogens is 276 g/mol. The van der Waals surface area contributed by atoms with Gasteiger partial charge in [-0.1, -0.05) is 45.0 Å². The van der Waals surface area contributed by atoms with Crippen molar-refractivity contribution in [2.75, 3.05) is 13.2 Å². The van der Waals surface area contributed by atoms with E-state index in [4.69, 9.17) is 14.2 Å². The second-order valence-corrected chi connectivity index (χ2v) is 6.52. The van der Waals surface area contributed by atoms with Crippen LogP contribution < -0.4 is 4.74 Å². The topological polar surface area (TPSA) is 27.7 Å².